The Bertz CT molecular complexity index is 901. The van der Waals surface area contributed by atoms with Crippen LogP contribution in [0.3, 0.4) is 0 Å². The highest BCUT2D eigenvalue weighted by molar-refractivity contribution is 5.52. The first-order chi connectivity index (χ1) is 12.1. The average Bonchev–Trinajstić information content (AvgIpc) is 3.32. The van der Waals surface area contributed by atoms with Crippen molar-refractivity contribution in [2.75, 3.05) is 0 Å². The number of ether oxygens (including phenoxy) is 1. The Kier molecular flexibility index (Phi) is 3.87. The molecule has 2 aromatic heterocycles. The van der Waals surface area contributed by atoms with E-state index < -0.39 is 0 Å². The van der Waals surface area contributed by atoms with Gasteiger partial charge in [-0.05, 0) is 45.2 Å². The van der Waals surface area contributed by atoms with E-state index in [0.29, 0.717) is 24.5 Å². The third kappa shape index (κ3) is 2.84. The van der Waals surface area contributed by atoms with E-state index in [2.05, 4.69) is 25.7 Å². The summed E-state index contributed by atoms with van der Waals surface area (Å²) in [5.41, 5.74) is 3.92. The highest BCUT2D eigenvalue weighted by Crippen LogP contribution is 2.39. The minimum atomic E-state index is 0.365. The molecule has 0 atom stereocenters. The molecule has 1 aromatic carbocycles. The van der Waals surface area contributed by atoms with E-state index in [1.165, 1.54) is 0 Å². The minimum Gasteiger partial charge on any atom is -0.508 e. The Hall–Kier alpha value is -2.90. The Labute approximate surface area is 144 Å². The molecule has 0 aliphatic heterocycles. The summed E-state index contributed by atoms with van der Waals surface area (Å²) in [6.07, 6.45) is 3.53. The lowest BCUT2D eigenvalue weighted by Gasteiger charge is -2.12. The van der Waals surface area contributed by atoms with Crippen molar-refractivity contribution in [1.29, 1.82) is 0 Å². The van der Waals surface area contributed by atoms with Gasteiger partial charge in [-0.3, -0.25) is 4.68 Å². The first kappa shape index (κ1) is 15.6. The summed E-state index contributed by atoms with van der Waals surface area (Å²) in [7, 11) is 0. The van der Waals surface area contributed by atoms with Gasteiger partial charge in [0.1, 0.15) is 17.2 Å². The van der Waals surface area contributed by atoms with E-state index in [-0.39, 0.29) is 0 Å². The first-order valence-electron chi connectivity index (χ1n) is 8.41. The normalized spacial score (nSPS) is 13.2. The van der Waals surface area contributed by atoms with Crippen molar-refractivity contribution in [3.8, 4) is 17.2 Å². The molecule has 0 saturated heterocycles. The molecule has 0 unspecified atom stereocenters. The highest BCUT2D eigenvalue weighted by Gasteiger charge is 2.22. The number of aryl methyl sites for hydroxylation is 3. The maximum absolute atomic E-state index is 10.0. The van der Waals surface area contributed by atoms with E-state index in [1.807, 2.05) is 24.6 Å². The molecule has 2 N–H and O–H groups in total. The van der Waals surface area contributed by atoms with Crippen LogP contribution in [-0.2, 0) is 25.8 Å². The third-order valence-corrected chi connectivity index (χ3v) is 4.68. The van der Waals surface area contributed by atoms with Crippen molar-refractivity contribution >= 4 is 0 Å². The molecule has 3 aromatic rings. The molecule has 25 heavy (non-hydrogen) atoms. The van der Waals surface area contributed by atoms with Crippen LogP contribution in [0.2, 0.25) is 0 Å². The second-order valence-electron chi connectivity index (χ2n) is 6.30. The fraction of sp³-hybridized carbons (Fsp3) is 0.412. The van der Waals surface area contributed by atoms with Crippen LogP contribution in [0.1, 0.15) is 34.8 Å². The summed E-state index contributed by atoms with van der Waals surface area (Å²) < 4.78 is 8.12. The van der Waals surface area contributed by atoms with Crippen molar-refractivity contribution in [3.05, 3.63) is 40.5 Å². The molecule has 4 rings (SSSR count). The number of phenolic OH excluding ortho intramolecular Hbond substituents is 1. The van der Waals surface area contributed by atoms with Crippen molar-refractivity contribution in [2.45, 2.75) is 46.1 Å². The molecular weight excluding hydrogens is 320 g/mol. The molecule has 0 fully saturated rings. The van der Waals surface area contributed by atoms with Crippen LogP contribution in [0.4, 0.5) is 0 Å². The second-order valence-corrected chi connectivity index (χ2v) is 6.30. The number of aromatic hydroxyl groups is 1. The minimum absolute atomic E-state index is 0.365. The van der Waals surface area contributed by atoms with Crippen molar-refractivity contribution in [3.63, 3.8) is 0 Å². The summed E-state index contributed by atoms with van der Waals surface area (Å²) in [6.45, 7) is 4.59. The van der Waals surface area contributed by atoms with Gasteiger partial charge in [0.15, 0.2) is 11.6 Å². The average molecular weight is 340 g/mol. The van der Waals surface area contributed by atoms with Gasteiger partial charge < -0.3 is 9.84 Å². The number of benzene rings is 1. The molecule has 0 bridgehead atoms. The van der Waals surface area contributed by atoms with Crippen LogP contribution in [0.15, 0.2) is 12.1 Å². The van der Waals surface area contributed by atoms with Gasteiger partial charge in [0, 0.05) is 24.1 Å². The van der Waals surface area contributed by atoms with E-state index in [9.17, 15) is 5.11 Å². The quantitative estimate of drug-likeness (QED) is 0.738. The number of nitrogens with zero attached hydrogens (tertiary/aromatic N) is 5. The standard InChI is InChI=1S/C17H20N6O2/c1-10-17(11(2)23(20-10)9-8-16-18-21-22-19-16)25-15-7-6-14(24)12-4-3-5-13(12)15/h6-7,24H,3-5,8-9H2,1-2H3,(H,18,19,21,22). The molecule has 0 radical (unpaired) electrons. The Morgan fingerprint density at radius 3 is 2.88 bits per heavy atom. The molecule has 8 heteroatoms. The molecule has 0 amide bonds. The van der Waals surface area contributed by atoms with Gasteiger partial charge in [-0.2, -0.15) is 10.3 Å². The lowest BCUT2D eigenvalue weighted by molar-refractivity contribution is 0.453. The SMILES string of the molecule is Cc1nn(CCc2nn[nH]n2)c(C)c1Oc1ccc(O)c2c1CCC2. The summed E-state index contributed by atoms with van der Waals surface area (Å²) in [5, 5.41) is 28.5. The number of H-pyrrole nitrogens is 1. The first-order valence-corrected chi connectivity index (χ1v) is 8.41. The molecule has 0 spiro atoms. The van der Waals surface area contributed by atoms with Crippen molar-refractivity contribution < 1.29 is 9.84 Å². The van der Waals surface area contributed by atoms with E-state index in [4.69, 9.17) is 4.74 Å². The predicted molar refractivity (Wildman–Crippen MR) is 89.8 cm³/mol. The van der Waals surface area contributed by atoms with E-state index in [1.54, 1.807) is 6.07 Å². The monoisotopic (exact) mass is 340 g/mol. The lowest BCUT2D eigenvalue weighted by atomic mass is 10.1. The zero-order valence-corrected chi connectivity index (χ0v) is 14.3. The Balaban J connectivity index is 1.58. The van der Waals surface area contributed by atoms with Gasteiger partial charge in [-0.1, -0.05) is 5.21 Å². The largest absolute Gasteiger partial charge is 0.508 e. The van der Waals surface area contributed by atoms with Crippen LogP contribution < -0.4 is 4.74 Å². The number of nitrogens with one attached hydrogen (secondary N) is 1. The number of fused-ring (bicyclic) bond motifs is 1. The summed E-state index contributed by atoms with van der Waals surface area (Å²) in [5.74, 6) is 2.61. The van der Waals surface area contributed by atoms with E-state index in [0.717, 1.165) is 53.3 Å². The zero-order chi connectivity index (χ0) is 17.4. The number of hydrogen-bond donors (Lipinski definition) is 2. The van der Waals surface area contributed by atoms with Gasteiger partial charge in [0.2, 0.25) is 0 Å². The van der Waals surface area contributed by atoms with Gasteiger partial charge in [0.25, 0.3) is 0 Å². The van der Waals surface area contributed by atoms with Crippen LogP contribution in [-0.4, -0.2) is 35.5 Å². The highest BCUT2D eigenvalue weighted by atomic mass is 16.5. The van der Waals surface area contributed by atoms with Gasteiger partial charge in [0.05, 0.1) is 5.69 Å². The molecule has 2 heterocycles. The third-order valence-electron chi connectivity index (χ3n) is 4.68. The number of rotatable bonds is 5. The Morgan fingerprint density at radius 2 is 2.08 bits per heavy atom. The van der Waals surface area contributed by atoms with E-state index >= 15 is 0 Å². The molecule has 130 valence electrons. The van der Waals surface area contributed by atoms with Gasteiger partial charge in [-0.25, -0.2) is 0 Å². The fourth-order valence-corrected chi connectivity index (χ4v) is 3.40. The summed E-state index contributed by atoms with van der Waals surface area (Å²) >= 11 is 0. The molecule has 1 aliphatic rings. The smallest absolute Gasteiger partial charge is 0.176 e. The number of aromatic amines is 1. The van der Waals surface area contributed by atoms with Gasteiger partial charge in [-0.15, -0.1) is 10.2 Å². The number of phenols is 1. The van der Waals surface area contributed by atoms with Crippen molar-refractivity contribution in [2.24, 2.45) is 0 Å². The number of aromatic nitrogens is 6. The summed E-state index contributed by atoms with van der Waals surface area (Å²) in [4.78, 5) is 0. The topological polar surface area (TPSA) is 102 Å². The second kappa shape index (κ2) is 6.19. The van der Waals surface area contributed by atoms with Crippen LogP contribution >= 0.6 is 0 Å². The van der Waals surface area contributed by atoms with Crippen LogP contribution in [0.25, 0.3) is 0 Å². The zero-order valence-electron chi connectivity index (χ0n) is 14.3. The molecule has 1 aliphatic carbocycles. The molecule has 0 saturated carbocycles. The molecule has 8 nitrogen and oxygen atoms in total. The molecular formula is C17H20N6O2. The summed E-state index contributed by atoms with van der Waals surface area (Å²) in [6, 6.07) is 3.56. The predicted octanol–water partition coefficient (Wildman–Crippen LogP) is 2.24. The maximum Gasteiger partial charge on any atom is 0.176 e. The Morgan fingerprint density at radius 1 is 1.24 bits per heavy atom. The van der Waals surface area contributed by atoms with Gasteiger partial charge >= 0.3 is 0 Å². The van der Waals surface area contributed by atoms with Crippen LogP contribution in [0.5, 0.6) is 17.2 Å². The lowest BCUT2D eigenvalue weighted by Crippen LogP contribution is -2.06. The van der Waals surface area contributed by atoms with Crippen molar-refractivity contribution in [1.82, 2.24) is 30.4 Å². The fourth-order valence-electron chi connectivity index (χ4n) is 3.40. The number of hydrogen-bond acceptors (Lipinski definition) is 6. The number of tetrazole rings is 1. The van der Waals surface area contributed by atoms with Crippen LogP contribution in [0, 0.1) is 13.8 Å². The maximum atomic E-state index is 10.0.